The van der Waals surface area contributed by atoms with Gasteiger partial charge in [-0.2, -0.15) is 0 Å². The van der Waals surface area contributed by atoms with Gasteiger partial charge in [-0.1, -0.05) is 29.8 Å². The summed E-state index contributed by atoms with van der Waals surface area (Å²) in [5.41, 5.74) is 1.02. The van der Waals surface area contributed by atoms with Gasteiger partial charge in [0.25, 0.3) is 0 Å². The lowest BCUT2D eigenvalue weighted by atomic mass is 10.1. The van der Waals surface area contributed by atoms with E-state index in [1.807, 2.05) is 38.1 Å². The van der Waals surface area contributed by atoms with Gasteiger partial charge < -0.3 is 19.9 Å². The Morgan fingerprint density at radius 2 is 1.95 bits per heavy atom. The molecule has 114 valence electrons. The van der Waals surface area contributed by atoms with Crippen LogP contribution in [0.3, 0.4) is 0 Å². The molecule has 0 saturated heterocycles. The molecule has 3 atom stereocenters. The molecule has 4 nitrogen and oxygen atoms in total. The summed E-state index contributed by atoms with van der Waals surface area (Å²) in [5.74, 6) is 0. The molecule has 3 unspecified atom stereocenters. The number of nitrogens with one attached hydrogen (secondary N) is 1. The number of rotatable bonds is 9. The molecule has 0 amide bonds. The Balaban J connectivity index is 2.30. The van der Waals surface area contributed by atoms with Crippen molar-refractivity contribution in [2.24, 2.45) is 0 Å². The van der Waals surface area contributed by atoms with Crippen LogP contribution < -0.4 is 5.32 Å². The molecule has 0 bridgehead atoms. The van der Waals surface area contributed by atoms with Gasteiger partial charge in [-0.15, -0.1) is 0 Å². The Labute approximate surface area is 126 Å². The van der Waals surface area contributed by atoms with Crippen molar-refractivity contribution in [2.75, 3.05) is 26.9 Å². The largest absolute Gasteiger partial charge is 0.389 e. The van der Waals surface area contributed by atoms with Gasteiger partial charge in [-0.3, -0.25) is 0 Å². The van der Waals surface area contributed by atoms with Gasteiger partial charge in [0.05, 0.1) is 25.4 Å². The van der Waals surface area contributed by atoms with Crippen molar-refractivity contribution in [1.82, 2.24) is 5.32 Å². The van der Waals surface area contributed by atoms with E-state index in [0.717, 1.165) is 10.6 Å². The Bertz CT molecular complexity index is 389. The first-order valence-corrected chi connectivity index (χ1v) is 7.18. The van der Waals surface area contributed by atoms with Crippen LogP contribution in [0.2, 0.25) is 5.02 Å². The average molecular weight is 302 g/mol. The third-order valence-electron chi connectivity index (χ3n) is 3.01. The minimum absolute atomic E-state index is 0.0179. The summed E-state index contributed by atoms with van der Waals surface area (Å²) >= 11 is 6.13. The maximum absolute atomic E-state index is 9.87. The fourth-order valence-electron chi connectivity index (χ4n) is 1.87. The van der Waals surface area contributed by atoms with Gasteiger partial charge in [-0.25, -0.2) is 0 Å². The van der Waals surface area contributed by atoms with Crippen molar-refractivity contribution in [3.05, 3.63) is 34.9 Å². The van der Waals surface area contributed by atoms with Crippen LogP contribution in [-0.4, -0.2) is 44.2 Å². The molecule has 5 heteroatoms. The van der Waals surface area contributed by atoms with Crippen LogP contribution in [0.4, 0.5) is 0 Å². The highest BCUT2D eigenvalue weighted by Gasteiger charge is 2.12. The second-order valence-corrected chi connectivity index (χ2v) is 5.31. The topological polar surface area (TPSA) is 50.7 Å². The first-order chi connectivity index (χ1) is 9.54. The molecule has 0 aliphatic carbocycles. The van der Waals surface area contributed by atoms with E-state index in [1.165, 1.54) is 0 Å². The highest BCUT2D eigenvalue weighted by atomic mass is 35.5. The number of aliphatic hydroxyl groups excluding tert-OH is 1. The lowest BCUT2D eigenvalue weighted by molar-refractivity contribution is -0.0315. The molecule has 1 aromatic carbocycles. The zero-order valence-corrected chi connectivity index (χ0v) is 13.1. The number of hydrogen-bond acceptors (Lipinski definition) is 4. The minimum atomic E-state index is -0.556. The van der Waals surface area contributed by atoms with Crippen molar-refractivity contribution < 1.29 is 14.6 Å². The third-order valence-corrected chi connectivity index (χ3v) is 3.35. The van der Waals surface area contributed by atoms with E-state index < -0.39 is 6.10 Å². The van der Waals surface area contributed by atoms with Crippen LogP contribution >= 0.6 is 11.6 Å². The van der Waals surface area contributed by atoms with Crippen LogP contribution in [0.1, 0.15) is 25.5 Å². The molecule has 0 heterocycles. The Morgan fingerprint density at radius 3 is 2.60 bits per heavy atom. The minimum Gasteiger partial charge on any atom is -0.389 e. The molecule has 0 aliphatic heterocycles. The van der Waals surface area contributed by atoms with Crippen LogP contribution in [-0.2, 0) is 9.47 Å². The highest BCUT2D eigenvalue weighted by Crippen LogP contribution is 2.21. The van der Waals surface area contributed by atoms with Gasteiger partial charge in [0.15, 0.2) is 0 Å². The molecular weight excluding hydrogens is 278 g/mol. The molecule has 20 heavy (non-hydrogen) atoms. The molecule has 2 N–H and O–H groups in total. The molecule has 0 fully saturated rings. The molecule has 0 aliphatic rings. The molecule has 1 rings (SSSR count). The number of methoxy groups -OCH3 is 1. The Hall–Kier alpha value is -0.650. The first-order valence-electron chi connectivity index (χ1n) is 6.81. The molecule has 1 aromatic rings. The lowest BCUT2D eigenvalue weighted by Crippen LogP contribution is -2.33. The fraction of sp³-hybridized carbons (Fsp3) is 0.600. The average Bonchev–Trinajstić information content (AvgIpc) is 2.43. The fourth-order valence-corrected chi connectivity index (χ4v) is 2.17. The lowest BCUT2D eigenvalue weighted by Gasteiger charge is -2.20. The monoisotopic (exact) mass is 301 g/mol. The van der Waals surface area contributed by atoms with Crippen molar-refractivity contribution in [3.8, 4) is 0 Å². The van der Waals surface area contributed by atoms with Crippen LogP contribution in [0.15, 0.2) is 24.3 Å². The predicted molar refractivity (Wildman–Crippen MR) is 81.2 cm³/mol. The normalized spacial score (nSPS) is 15.8. The third kappa shape index (κ3) is 6.20. The second-order valence-electron chi connectivity index (χ2n) is 4.90. The summed E-state index contributed by atoms with van der Waals surface area (Å²) in [6, 6.07) is 7.77. The molecule has 0 spiro atoms. The quantitative estimate of drug-likeness (QED) is 0.735. The SMILES string of the molecule is COCC(C)OCC(O)CNC(C)c1ccccc1Cl. The molecule has 0 aromatic heterocycles. The van der Waals surface area contributed by atoms with Gasteiger partial charge in [0.1, 0.15) is 0 Å². The maximum atomic E-state index is 9.87. The van der Waals surface area contributed by atoms with E-state index in [-0.39, 0.29) is 18.8 Å². The van der Waals surface area contributed by atoms with E-state index in [2.05, 4.69) is 5.32 Å². The van der Waals surface area contributed by atoms with Crippen LogP contribution in [0.25, 0.3) is 0 Å². The second kappa shape index (κ2) is 9.32. The molecule has 0 saturated carbocycles. The molecule has 0 radical (unpaired) electrons. The first kappa shape index (κ1) is 17.4. The summed E-state index contributed by atoms with van der Waals surface area (Å²) < 4.78 is 10.4. The summed E-state index contributed by atoms with van der Waals surface area (Å²) in [6.45, 7) is 5.19. The number of halogens is 1. The van der Waals surface area contributed by atoms with Crippen LogP contribution in [0, 0.1) is 0 Å². The zero-order valence-electron chi connectivity index (χ0n) is 12.3. The Kier molecular flexibility index (Phi) is 8.11. The highest BCUT2D eigenvalue weighted by molar-refractivity contribution is 6.31. The van der Waals surface area contributed by atoms with Crippen molar-refractivity contribution in [1.29, 1.82) is 0 Å². The standard InChI is InChI=1S/C15H24ClNO3/c1-11(9-19-3)20-10-13(18)8-17-12(2)14-6-4-5-7-15(14)16/h4-7,11-13,17-18H,8-10H2,1-3H3. The number of aliphatic hydroxyl groups is 1. The summed E-state index contributed by atoms with van der Waals surface area (Å²) in [6.07, 6.45) is -0.574. The maximum Gasteiger partial charge on any atom is 0.0898 e. The number of benzene rings is 1. The van der Waals surface area contributed by atoms with Crippen molar-refractivity contribution in [2.45, 2.75) is 32.1 Å². The van der Waals surface area contributed by atoms with E-state index in [9.17, 15) is 5.11 Å². The van der Waals surface area contributed by atoms with Gasteiger partial charge in [-0.05, 0) is 25.5 Å². The zero-order chi connectivity index (χ0) is 15.0. The Morgan fingerprint density at radius 1 is 1.25 bits per heavy atom. The van der Waals surface area contributed by atoms with E-state index in [0.29, 0.717) is 13.2 Å². The molecular formula is C15H24ClNO3. The smallest absolute Gasteiger partial charge is 0.0898 e. The number of ether oxygens (including phenoxy) is 2. The van der Waals surface area contributed by atoms with Gasteiger partial charge >= 0.3 is 0 Å². The predicted octanol–water partition coefficient (Wildman–Crippen LogP) is 2.40. The summed E-state index contributed by atoms with van der Waals surface area (Å²) in [7, 11) is 1.63. The van der Waals surface area contributed by atoms with Crippen molar-refractivity contribution >= 4 is 11.6 Å². The van der Waals surface area contributed by atoms with E-state index >= 15 is 0 Å². The van der Waals surface area contributed by atoms with Gasteiger partial charge in [0.2, 0.25) is 0 Å². The van der Waals surface area contributed by atoms with Crippen molar-refractivity contribution in [3.63, 3.8) is 0 Å². The summed E-state index contributed by atoms with van der Waals surface area (Å²) in [4.78, 5) is 0. The van der Waals surface area contributed by atoms with E-state index in [1.54, 1.807) is 7.11 Å². The van der Waals surface area contributed by atoms with Gasteiger partial charge in [0, 0.05) is 24.7 Å². The van der Waals surface area contributed by atoms with Crippen LogP contribution in [0.5, 0.6) is 0 Å². The number of hydrogen-bond donors (Lipinski definition) is 2. The summed E-state index contributed by atoms with van der Waals surface area (Å²) in [5, 5.41) is 13.8. The van der Waals surface area contributed by atoms with E-state index in [4.69, 9.17) is 21.1 Å².